The fourth-order valence-electron chi connectivity index (χ4n) is 1.50. The number of aromatic amines is 1. The molecule has 16 heavy (non-hydrogen) atoms. The van der Waals surface area contributed by atoms with Gasteiger partial charge in [0.2, 0.25) is 0 Å². The summed E-state index contributed by atoms with van der Waals surface area (Å²) in [4.78, 5) is 7.13. The first kappa shape index (κ1) is 11.0. The minimum Gasteiger partial charge on any atom is -0.343 e. The van der Waals surface area contributed by atoms with Crippen LogP contribution in [0, 0.1) is 24.3 Å². The summed E-state index contributed by atoms with van der Waals surface area (Å²) in [5, 5.41) is 0. The predicted octanol–water partition coefficient (Wildman–Crippen LogP) is 3.56. The molecule has 0 amide bonds. The van der Waals surface area contributed by atoms with Crippen molar-refractivity contribution in [2.75, 3.05) is 0 Å². The summed E-state index contributed by atoms with van der Waals surface area (Å²) < 4.78 is 13.9. The fraction of sp³-hybridized carbons (Fsp3) is 0.167. The summed E-state index contributed by atoms with van der Waals surface area (Å²) in [6, 6.07) is 6.83. The third-order valence-electron chi connectivity index (χ3n) is 2.34. The molecular formula is C12H11FN2S. The molecule has 0 aliphatic heterocycles. The van der Waals surface area contributed by atoms with Gasteiger partial charge in [-0.3, -0.25) is 0 Å². The van der Waals surface area contributed by atoms with Gasteiger partial charge in [-0.15, -0.1) is 0 Å². The van der Waals surface area contributed by atoms with E-state index in [1.165, 1.54) is 6.07 Å². The van der Waals surface area contributed by atoms with Gasteiger partial charge >= 0.3 is 0 Å². The van der Waals surface area contributed by atoms with Crippen LogP contribution in [0.2, 0.25) is 0 Å². The van der Waals surface area contributed by atoms with Crippen LogP contribution in [0.1, 0.15) is 11.4 Å². The fourth-order valence-corrected chi connectivity index (χ4v) is 1.75. The molecule has 0 saturated heterocycles. The van der Waals surface area contributed by atoms with Gasteiger partial charge in [-0.1, -0.05) is 24.4 Å². The highest BCUT2D eigenvalue weighted by molar-refractivity contribution is 7.71. The Labute approximate surface area is 98.2 Å². The first-order valence-electron chi connectivity index (χ1n) is 4.91. The molecule has 1 heterocycles. The summed E-state index contributed by atoms with van der Waals surface area (Å²) >= 11 is 5.02. The van der Waals surface area contributed by atoms with Crippen LogP contribution in [0.3, 0.4) is 0 Å². The number of aromatic nitrogens is 2. The largest absolute Gasteiger partial charge is 0.343 e. The van der Waals surface area contributed by atoms with Crippen LogP contribution in [-0.4, -0.2) is 9.97 Å². The molecule has 82 valence electrons. The van der Waals surface area contributed by atoms with E-state index >= 15 is 0 Å². The van der Waals surface area contributed by atoms with Crippen molar-refractivity contribution in [2.24, 2.45) is 0 Å². The third-order valence-corrected chi connectivity index (χ3v) is 2.55. The molecule has 4 heteroatoms. The van der Waals surface area contributed by atoms with Crippen molar-refractivity contribution in [3.63, 3.8) is 0 Å². The molecule has 0 spiro atoms. The van der Waals surface area contributed by atoms with Crippen LogP contribution in [0.4, 0.5) is 4.39 Å². The Morgan fingerprint density at radius 2 is 2.00 bits per heavy atom. The maximum absolute atomic E-state index is 13.4. The summed E-state index contributed by atoms with van der Waals surface area (Å²) in [5.41, 5.74) is 2.20. The molecule has 1 aromatic heterocycles. The first-order valence-corrected chi connectivity index (χ1v) is 5.31. The second kappa shape index (κ2) is 4.14. The van der Waals surface area contributed by atoms with E-state index in [0.717, 1.165) is 17.1 Å². The van der Waals surface area contributed by atoms with Gasteiger partial charge in [0.05, 0.1) is 0 Å². The monoisotopic (exact) mass is 234 g/mol. The van der Waals surface area contributed by atoms with Crippen molar-refractivity contribution < 1.29 is 4.39 Å². The average Bonchev–Trinajstić information content (AvgIpc) is 2.20. The van der Waals surface area contributed by atoms with E-state index in [1.54, 1.807) is 19.1 Å². The van der Waals surface area contributed by atoms with Gasteiger partial charge in [0.25, 0.3) is 0 Å². The van der Waals surface area contributed by atoms with Gasteiger partial charge in [-0.2, -0.15) is 0 Å². The topological polar surface area (TPSA) is 28.7 Å². The number of H-pyrrole nitrogens is 1. The molecule has 0 atom stereocenters. The molecule has 0 bridgehead atoms. The molecule has 2 rings (SSSR count). The van der Waals surface area contributed by atoms with Gasteiger partial charge < -0.3 is 4.98 Å². The maximum Gasteiger partial charge on any atom is 0.130 e. The summed E-state index contributed by atoms with van der Waals surface area (Å²) in [7, 11) is 0. The summed E-state index contributed by atoms with van der Waals surface area (Å²) in [6.07, 6.45) is 0. The Hall–Kier alpha value is -1.55. The van der Waals surface area contributed by atoms with Crippen molar-refractivity contribution >= 4 is 12.2 Å². The van der Waals surface area contributed by atoms with Crippen molar-refractivity contribution in [3.8, 4) is 11.3 Å². The van der Waals surface area contributed by atoms with Crippen LogP contribution in [0.25, 0.3) is 11.3 Å². The maximum atomic E-state index is 13.4. The number of rotatable bonds is 1. The Balaban J connectivity index is 2.58. The molecule has 0 aliphatic carbocycles. The van der Waals surface area contributed by atoms with Crippen LogP contribution >= 0.6 is 12.2 Å². The average molecular weight is 234 g/mol. The Kier molecular flexibility index (Phi) is 2.83. The lowest BCUT2D eigenvalue weighted by atomic mass is 10.1. The normalized spacial score (nSPS) is 10.4. The molecule has 0 unspecified atom stereocenters. The van der Waals surface area contributed by atoms with E-state index in [4.69, 9.17) is 12.2 Å². The van der Waals surface area contributed by atoms with Gasteiger partial charge in [0.15, 0.2) is 0 Å². The molecule has 1 aromatic carbocycles. The number of nitrogens with one attached hydrogen (secondary N) is 1. The van der Waals surface area contributed by atoms with E-state index in [0.29, 0.717) is 10.2 Å². The lowest BCUT2D eigenvalue weighted by Crippen LogP contribution is -1.92. The highest BCUT2D eigenvalue weighted by atomic mass is 32.1. The highest BCUT2D eigenvalue weighted by Gasteiger charge is 2.03. The minimum absolute atomic E-state index is 0.216. The van der Waals surface area contributed by atoms with Gasteiger partial charge in [-0.05, 0) is 31.5 Å². The molecule has 0 aliphatic rings. The minimum atomic E-state index is -0.216. The van der Waals surface area contributed by atoms with Crippen molar-refractivity contribution in [3.05, 3.63) is 46.1 Å². The quantitative estimate of drug-likeness (QED) is 0.764. The molecule has 1 N–H and O–H groups in total. The van der Waals surface area contributed by atoms with Gasteiger partial charge in [-0.25, -0.2) is 9.37 Å². The van der Waals surface area contributed by atoms with Crippen molar-refractivity contribution in [1.29, 1.82) is 0 Å². The second-order valence-electron chi connectivity index (χ2n) is 3.68. The first-order chi connectivity index (χ1) is 7.56. The number of halogens is 1. The lowest BCUT2D eigenvalue weighted by Gasteiger charge is -2.04. The van der Waals surface area contributed by atoms with Crippen LogP contribution < -0.4 is 0 Å². The van der Waals surface area contributed by atoms with E-state index in [9.17, 15) is 4.39 Å². The third kappa shape index (κ3) is 2.17. The second-order valence-corrected chi connectivity index (χ2v) is 4.10. The molecule has 0 radical (unpaired) electrons. The van der Waals surface area contributed by atoms with Crippen molar-refractivity contribution in [2.45, 2.75) is 13.8 Å². The Bertz CT molecular complexity index is 590. The molecule has 2 aromatic rings. The van der Waals surface area contributed by atoms with Crippen molar-refractivity contribution in [1.82, 2.24) is 9.97 Å². The van der Waals surface area contributed by atoms with Gasteiger partial charge in [0, 0.05) is 11.3 Å². The van der Waals surface area contributed by atoms with Crippen LogP contribution in [0.15, 0.2) is 24.3 Å². The van der Waals surface area contributed by atoms with E-state index in [-0.39, 0.29) is 5.82 Å². The zero-order valence-electron chi connectivity index (χ0n) is 9.04. The predicted molar refractivity (Wildman–Crippen MR) is 64.3 cm³/mol. The highest BCUT2D eigenvalue weighted by Crippen LogP contribution is 2.19. The zero-order valence-corrected chi connectivity index (χ0v) is 9.86. The molecule has 0 saturated carbocycles. The van der Waals surface area contributed by atoms with E-state index < -0.39 is 0 Å². The Morgan fingerprint density at radius 3 is 2.62 bits per heavy atom. The zero-order chi connectivity index (χ0) is 11.7. The standard InChI is InChI=1S/C12H11FN2S/c1-7-3-4-9(5-10(7)13)11-6-12(16)15-8(2)14-11/h3-6H,1-2H3,(H,14,15,16). The van der Waals surface area contributed by atoms with E-state index in [1.807, 2.05) is 13.0 Å². The van der Waals surface area contributed by atoms with Crippen LogP contribution in [-0.2, 0) is 0 Å². The number of hydrogen-bond donors (Lipinski definition) is 1. The van der Waals surface area contributed by atoms with Crippen LogP contribution in [0.5, 0.6) is 0 Å². The van der Waals surface area contributed by atoms with E-state index in [2.05, 4.69) is 9.97 Å². The smallest absolute Gasteiger partial charge is 0.130 e. The number of benzene rings is 1. The number of aryl methyl sites for hydroxylation is 2. The summed E-state index contributed by atoms with van der Waals surface area (Å²) in [6.45, 7) is 3.56. The molecule has 0 fully saturated rings. The number of nitrogens with zero attached hydrogens (tertiary/aromatic N) is 1. The molecule has 2 nitrogen and oxygen atoms in total. The SMILES string of the molecule is Cc1nc(=S)cc(-c2ccc(C)c(F)c2)[nH]1. The number of hydrogen-bond acceptors (Lipinski definition) is 2. The lowest BCUT2D eigenvalue weighted by molar-refractivity contribution is 0.619. The summed E-state index contributed by atoms with van der Waals surface area (Å²) in [5.74, 6) is 0.509. The van der Waals surface area contributed by atoms with Gasteiger partial charge in [0.1, 0.15) is 16.3 Å². The Morgan fingerprint density at radius 1 is 1.25 bits per heavy atom. The molecular weight excluding hydrogens is 223 g/mol.